The number of benzene rings is 1. The first kappa shape index (κ1) is 16.3. The molecule has 0 saturated heterocycles. The van der Waals surface area contributed by atoms with Crippen molar-refractivity contribution in [1.82, 2.24) is 0 Å². The number of nitriles is 1. The summed E-state index contributed by atoms with van der Waals surface area (Å²) in [7, 11) is 0. The Labute approximate surface area is 131 Å². The van der Waals surface area contributed by atoms with Crippen molar-refractivity contribution in [3.63, 3.8) is 0 Å². The van der Waals surface area contributed by atoms with Crippen LogP contribution in [0.3, 0.4) is 0 Å². The lowest BCUT2D eigenvalue weighted by atomic mass is 10.0. The van der Waals surface area contributed by atoms with Crippen LogP contribution in [0.25, 0.3) is 0 Å². The third kappa shape index (κ3) is 2.80. The Hall–Kier alpha value is -2.05. The van der Waals surface area contributed by atoms with E-state index in [1.54, 1.807) is 6.07 Å². The van der Waals surface area contributed by atoms with Gasteiger partial charge in [0.25, 0.3) is 0 Å². The lowest BCUT2D eigenvalue weighted by Gasteiger charge is -2.08. The quantitative estimate of drug-likeness (QED) is 0.493. The maximum absolute atomic E-state index is 13.8. The molecule has 0 atom stereocenters. The molecule has 2 aromatic rings. The van der Waals surface area contributed by atoms with E-state index in [4.69, 9.17) is 11.0 Å². The minimum absolute atomic E-state index is 0.0241. The smallest absolute Gasteiger partial charge is 0.396 e. The molecule has 0 radical (unpaired) electrons. The first-order valence-corrected chi connectivity index (χ1v) is 6.86. The van der Waals surface area contributed by atoms with Crippen LogP contribution in [0.1, 0.15) is 26.4 Å². The molecule has 0 saturated carbocycles. The van der Waals surface area contributed by atoms with Crippen LogP contribution in [0.5, 0.6) is 0 Å². The van der Waals surface area contributed by atoms with Crippen molar-refractivity contribution < 1.29 is 22.4 Å². The summed E-state index contributed by atoms with van der Waals surface area (Å²) in [6, 6.07) is 3.33. The van der Waals surface area contributed by atoms with Crippen LogP contribution < -0.4 is 5.73 Å². The maximum atomic E-state index is 13.8. The van der Waals surface area contributed by atoms with Crippen LogP contribution in [0.4, 0.5) is 23.2 Å². The van der Waals surface area contributed by atoms with Gasteiger partial charge in [-0.3, -0.25) is 4.79 Å². The fraction of sp³-hybridized carbons (Fsp3) is 0.0769. The molecule has 0 aliphatic carbocycles. The molecule has 1 heterocycles. The molecule has 0 bridgehead atoms. The minimum atomic E-state index is -4.71. The van der Waals surface area contributed by atoms with Gasteiger partial charge in [-0.2, -0.15) is 18.4 Å². The molecule has 1 aromatic carbocycles. The average Bonchev–Trinajstić information content (AvgIpc) is 2.71. The first-order chi connectivity index (χ1) is 10.2. The van der Waals surface area contributed by atoms with Gasteiger partial charge in [-0.05, 0) is 18.2 Å². The lowest BCUT2D eigenvalue weighted by Crippen LogP contribution is -2.09. The van der Waals surface area contributed by atoms with Crippen LogP contribution in [-0.2, 0) is 6.18 Å². The fourth-order valence-electron chi connectivity index (χ4n) is 1.71. The van der Waals surface area contributed by atoms with Crippen LogP contribution in [-0.4, -0.2) is 5.78 Å². The summed E-state index contributed by atoms with van der Waals surface area (Å²) >= 11 is 4.74. The van der Waals surface area contributed by atoms with E-state index in [1.165, 1.54) is 0 Å². The summed E-state index contributed by atoms with van der Waals surface area (Å²) in [6.45, 7) is 0. The molecule has 22 heavy (non-hydrogen) atoms. The molecule has 9 heteroatoms. The predicted molar refractivity (Wildman–Crippen MR) is 75.5 cm³/mol. The second-order valence-corrected chi connectivity index (χ2v) is 5.93. The Morgan fingerprint density at radius 1 is 1.36 bits per heavy atom. The average molecular weight is 346 g/mol. The Morgan fingerprint density at radius 2 is 2.00 bits per heavy atom. The lowest BCUT2D eigenvalue weighted by molar-refractivity contribution is -0.137. The van der Waals surface area contributed by atoms with Crippen molar-refractivity contribution in [1.29, 1.82) is 5.26 Å². The van der Waals surface area contributed by atoms with Crippen molar-refractivity contribution in [2.75, 3.05) is 5.73 Å². The maximum Gasteiger partial charge on any atom is 0.416 e. The van der Waals surface area contributed by atoms with Gasteiger partial charge in [0.2, 0.25) is 5.78 Å². The van der Waals surface area contributed by atoms with E-state index in [-0.39, 0.29) is 26.4 Å². The molecular weight excluding hydrogens is 340 g/mol. The third-order valence-corrected chi connectivity index (χ3v) is 4.29. The van der Waals surface area contributed by atoms with E-state index in [1.807, 2.05) is 0 Å². The standard InChI is InChI=1S/C13H6F4N2OS2/c14-8-3-5(13(15,16)17)1-2-6(8)10(20)11-9(19)7(4-18)12(21)22-11/h1-3,21H,19H2. The number of hydrogen-bond donors (Lipinski definition) is 2. The van der Waals surface area contributed by atoms with Gasteiger partial charge in [0.15, 0.2) is 0 Å². The number of ketones is 1. The van der Waals surface area contributed by atoms with Crippen molar-refractivity contribution in [3.05, 3.63) is 45.6 Å². The van der Waals surface area contributed by atoms with Gasteiger partial charge in [0.05, 0.1) is 26.6 Å². The van der Waals surface area contributed by atoms with E-state index >= 15 is 0 Å². The van der Waals surface area contributed by atoms with Gasteiger partial charge in [-0.25, -0.2) is 4.39 Å². The number of halogens is 4. The topological polar surface area (TPSA) is 66.9 Å². The molecule has 0 aliphatic heterocycles. The second-order valence-electron chi connectivity index (χ2n) is 4.16. The molecule has 0 unspecified atom stereocenters. The van der Waals surface area contributed by atoms with E-state index in [2.05, 4.69) is 12.6 Å². The SMILES string of the molecule is N#Cc1c(S)sc(C(=O)c2ccc(C(F)(F)F)cc2F)c1N. The van der Waals surface area contributed by atoms with E-state index in [0.717, 1.165) is 17.4 Å². The van der Waals surface area contributed by atoms with Crippen molar-refractivity contribution in [2.24, 2.45) is 0 Å². The number of thiophene rings is 1. The summed E-state index contributed by atoms with van der Waals surface area (Å²) < 4.78 is 51.4. The molecule has 0 fully saturated rings. The number of hydrogen-bond acceptors (Lipinski definition) is 5. The van der Waals surface area contributed by atoms with Gasteiger partial charge >= 0.3 is 6.18 Å². The highest BCUT2D eigenvalue weighted by atomic mass is 32.2. The van der Waals surface area contributed by atoms with E-state index in [9.17, 15) is 22.4 Å². The molecule has 2 rings (SSSR count). The van der Waals surface area contributed by atoms with Gasteiger partial charge in [0.1, 0.15) is 16.8 Å². The highest BCUT2D eigenvalue weighted by molar-refractivity contribution is 7.83. The van der Waals surface area contributed by atoms with Crippen LogP contribution in [0.2, 0.25) is 0 Å². The number of nitrogens with zero attached hydrogens (tertiary/aromatic N) is 1. The number of thiol groups is 1. The number of anilines is 1. The fourth-order valence-corrected chi connectivity index (χ4v) is 3.02. The van der Waals surface area contributed by atoms with E-state index < -0.39 is 28.9 Å². The number of carbonyl (C=O) groups is 1. The molecular formula is C13H6F4N2OS2. The van der Waals surface area contributed by atoms with Crippen molar-refractivity contribution >= 4 is 35.4 Å². The normalized spacial score (nSPS) is 11.3. The largest absolute Gasteiger partial charge is 0.416 e. The summed E-state index contributed by atoms with van der Waals surface area (Å²) in [4.78, 5) is 12.1. The number of nitrogens with two attached hydrogens (primary N) is 1. The number of carbonyl (C=O) groups excluding carboxylic acids is 1. The molecule has 0 spiro atoms. The third-order valence-electron chi connectivity index (χ3n) is 2.79. The summed E-state index contributed by atoms with van der Waals surface area (Å²) in [5.41, 5.74) is 3.67. The van der Waals surface area contributed by atoms with Gasteiger partial charge in [-0.15, -0.1) is 24.0 Å². The number of nitrogen functional groups attached to an aromatic ring is 1. The van der Waals surface area contributed by atoms with Gasteiger partial charge in [-0.1, -0.05) is 0 Å². The van der Waals surface area contributed by atoms with Crippen LogP contribution >= 0.6 is 24.0 Å². The molecule has 3 nitrogen and oxygen atoms in total. The number of alkyl halides is 3. The van der Waals surface area contributed by atoms with Gasteiger partial charge in [0, 0.05) is 0 Å². The Bertz CT molecular complexity index is 806. The predicted octanol–water partition coefficient (Wildman–Crippen LogP) is 3.88. The Morgan fingerprint density at radius 3 is 2.45 bits per heavy atom. The zero-order valence-electron chi connectivity index (χ0n) is 10.5. The molecule has 0 amide bonds. The Kier molecular flexibility index (Phi) is 4.17. The summed E-state index contributed by atoms with van der Waals surface area (Å²) in [5.74, 6) is -2.21. The monoisotopic (exact) mass is 346 g/mol. The zero-order valence-corrected chi connectivity index (χ0v) is 12.2. The molecule has 2 N–H and O–H groups in total. The summed E-state index contributed by atoms with van der Waals surface area (Å²) in [5, 5.41) is 8.86. The Balaban J connectivity index is 2.50. The second kappa shape index (κ2) is 5.62. The molecule has 114 valence electrons. The number of rotatable bonds is 2. The zero-order chi connectivity index (χ0) is 16.7. The molecule has 1 aromatic heterocycles. The minimum Gasteiger partial charge on any atom is -0.396 e. The van der Waals surface area contributed by atoms with Crippen LogP contribution in [0.15, 0.2) is 22.4 Å². The highest BCUT2D eigenvalue weighted by Crippen LogP contribution is 2.36. The van der Waals surface area contributed by atoms with Crippen molar-refractivity contribution in [2.45, 2.75) is 10.4 Å². The molecule has 0 aliphatic rings. The van der Waals surface area contributed by atoms with Crippen LogP contribution in [0, 0.1) is 17.1 Å². The summed E-state index contributed by atoms with van der Waals surface area (Å²) in [6.07, 6.45) is -4.71. The van der Waals surface area contributed by atoms with Gasteiger partial charge < -0.3 is 5.73 Å². The van der Waals surface area contributed by atoms with E-state index in [0.29, 0.717) is 6.07 Å². The highest BCUT2D eigenvalue weighted by Gasteiger charge is 2.32. The van der Waals surface area contributed by atoms with Crippen molar-refractivity contribution in [3.8, 4) is 6.07 Å². The first-order valence-electron chi connectivity index (χ1n) is 5.59.